The lowest BCUT2D eigenvalue weighted by Crippen LogP contribution is -2.25. The van der Waals surface area contributed by atoms with Crippen LogP contribution in [0.4, 0.5) is 0 Å². The van der Waals surface area contributed by atoms with E-state index in [1.54, 1.807) is 12.1 Å². The van der Waals surface area contributed by atoms with Crippen LogP contribution < -0.4 is 4.74 Å². The van der Waals surface area contributed by atoms with E-state index < -0.39 is 0 Å². The highest BCUT2D eigenvalue weighted by atomic mass is 35.5. The number of rotatable bonds is 3. The molecular weight excluding hydrogens is 212 g/mol. The molecule has 1 aromatic rings. The first-order chi connectivity index (χ1) is 7.18. The Morgan fingerprint density at radius 1 is 1.47 bits per heavy atom. The Labute approximate surface area is 94.2 Å². The zero-order valence-corrected chi connectivity index (χ0v) is 9.38. The Morgan fingerprint density at radius 2 is 2.20 bits per heavy atom. The third kappa shape index (κ3) is 2.15. The maximum atomic E-state index is 11.4. The van der Waals surface area contributed by atoms with Crippen LogP contribution in [0.5, 0.6) is 5.75 Å². The summed E-state index contributed by atoms with van der Waals surface area (Å²) in [5.74, 6) is 0.578. The third-order valence-electron chi connectivity index (χ3n) is 2.67. The highest BCUT2D eigenvalue weighted by Gasteiger charge is 2.22. The van der Waals surface area contributed by atoms with Crippen molar-refractivity contribution in [3.05, 3.63) is 28.8 Å². The molecule has 1 saturated carbocycles. The Morgan fingerprint density at radius 3 is 2.73 bits per heavy atom. The van der Waals surface area contributed by atoms with E-state index in [1.807, 2.05) is 6.07 Å². The number of ketones is 1. The van der Waals surface area contributed by atoms with Gasteiger partial charge in [0.05, 0.1) is 16.7 Å². The van der Waals surface area contributed by atoms with Crippen molar-refractivity contribution in [2.24, 2.45) is 0 Å². The molecule has 0 aliphatic heterocycles. The first kappa shape index (κ1) is 10.5. The fourth-order valence-electron chi connectivity index (χ4n) is 1.61. The molecule has 0 bridgehead atoms. The summed E-state index contributed by atoms with van der Waals surface area (Å²) in [4.78, 5) is 11.4. The van der Waals surface area contributed by atoms with Gasteiger partial charge in [-0.05, 0) is 38.3 Å². The molecule has 1 aliphatic carbocycles. The van der Waals surface area contributed by atoms with Crippen molar-refractivity contribution in [2.75, 3.05) is 0 Å². The summed E-state index contributed by atoms with van der Waals surface area (Å²) in [6.07, 6.45) is 3.62. The van der Waals surface area contributed by atoms with Gasteiger partial charge in [0.2, 0.25) is 0 Å². The van der Waals surface area contributed by atoms with Crippen LogP contribution in [0.1, 0.15) is 36.5 Å². The smallest absolute Gasteiger partial charge is 0.165 e. The minimum atomic E-state index is -0.0464. The molecule has 0 spiro atoms. The second-order valence-corrected chi connectivity index (χ2v) is 4.25. The lowest BCUT2D eigenvalue weighted by Gasteiger charge is -2.27. The molecule has 0 heterocycles. The third-order valence-corrected chi connectivity index (χ3v) is 2.99. The topological polar surface area (TPSA) is 26.3 Å². The summed E-state index contributed by atoms with van der Waals surface area (Å²) in [6, 6.07) is 5.33. The van der Waals surface area contributed by atoms with E-state index in [0.717, 1.165) is 12.8 Å². The Kier molecular flexibility index (Phi) is 2.96. The molecule has 1 fully saturated rings. The van der Waals surface area contributed by atoms with Gasteiger partial charge in [-0.25, -0.2) is 0 Å². The van der Waals surface area contributed by atoms with Gasteiger partial charge in [0.1, 0.15) is 5.75 Å². The fraction of sp³-hybridized carbons (Fsp3) is 0.417. The quantitative estimate of drug-likeness (QED) is 0.735. The average Bonchev–Trinajstić information content (AvgIpc) is 2.10. The maximum absolute atomic E-state index is 11.4. The van der Waals surface area contributed by atoms with Crippen LogP contribution >= 0.6 is 11.6 Å². The highest BCUT2D eigenvalue weighted by molar-refractivity contribution is 6.34. The van der Waals surface area contributed by atoms with Crippen molar-refractivity contribution in [2.45, 2.75) is 32.3 Å². The van der Waals surface area contributed by atoms with E-state index in [-0.39, 0.29) is 11.9 Å². The monoisotopic (exact) mass is 224 g/mol. The summed E-state index contributed by atoms with van der Waals surface area (Å²) < 4.78 is 5.72. The lowest BCUT2D eigenvalue weighted by molar-refractivity contribution is 0.0984. The molecule has 1 aromatic carbocycles. The van der Waals surface area contributed by atoms with Gasteiger partial charge < -0.3 is 4.74 Å². The van der Waals surface area contributed by atoms with E-state index in [2.05, 4.69) is 0 Å². The highest BCUT2D eigenvalue weighted by Crippen LogP contribution is 2.31. The maximum Gasteiger partial charge on any atom is 0.165 e. The molecule has 15 heavy (non-hydrogen) atoms. The molecule has 80 valence electrons. The molecule has 0 atom stereocenters. The first-order valence-corrected chi connectivity index (χ1v) is 5.52. The Bertz CT molecular complexity index is 383. The first-order valence-electron chi connectivity index (χ1n) is 5.14. The summed E-state index contributed by atoms with van der Waals surface area (Å²) >= 11 is 5.97. The fourth-order valence-corrected chi connectivity index (χ4v) is 1.91. The number of carbonyl (C=O) groups excluding carboxylic acids is 1. The number of halogens is 1. The van der Waals surface area contributed by atoms with Gasteiger partial charge in [-0.15, -0.1) is 0 Å². The average molecular weight is 225 g/mol. The van der Waals surface area contributed by atoms with Crippen LogP contribution in [0.2, 0.25) is 5.02 Å². The molecule has 2 nitrogen and oxygen atoms in total. The van der Waals surface area contributed by atoms with Crippen LogP contribution in [-0.4, -0.2) is 11.9 Å². The van der Waals surface area contributed by atoms with Gasteiger partial charge in [-0.2, -0.15) is 0 Å². The Balaban J connectivity index is 2.27. The largest absolute Gasteiger partial charge is 0.490 e. The van der Waals surface area contributed by atoms with Crippen molar-refractivity contribution >= 4 is 17.4 Å². The summed E-state index contributed by atoms with van der Waals surface area (Å²) in [5, 5.41) is 0.472. The number of hydrogen-bond donors (Lipinski definition) is 0. The standard InChI is InChI=1S/C12H13ClO2/c1-8(14)12-10(13)6-3-7-11(12)15-9-4-2-5-9/h3,6-7,9H,2,4-5H2,1H3. The zero-order valence-electron chi connectivity index (χ0n) is 8.63. The normalized spacial score (nSPS) is 15.9. The molecule has 3 heteroatoms. The van der Waals surface area contributed by atoms with E-state index in [0.29, 0.717) is 16.3 Å². The molecule has 0 amide bonds. The predicted molar refractivity (Wildman–Crippen MR) is 59.7 cm³/mol. The van der Waals surface area contributed by atoms with Gasteiger partial charge in [0.15, 0.2) is 5.78 Å². The molecule has 0 saturated heterocycles. The minimum absolute atomic E-state index is 0.0464. The molecule has 0 aromatic heterocycles. The van der Waals surface area contributed by atoms with Crippen molar-refractivity contribution < 1.29 is 9.53 Å². The van der Waals surface area contributed by atoms with Crippen LogP contribution in [0.3, 0.4) is 0 Å². The predicted octanol–water partition coefficient (Wildman–Crippen LogP) is 3.47. The zero-order chi connectivity index (χ0) is 10.8. The van der Waals surface area contributed by atoms with Crippen LogP contribution in [0.25, 0.3) is 0 Å². The van der Waals surface area contributed by atoms with Gasteiger partial charge >= 0.3 is 0 Å². The number of hydrogen-bond acceptors (Lipinski definition) is 2. The van der Waals surface area contributed by atoms with Crippen LogP contribution in [0, 0.1) is 0 Å². The summed E-state index contributed by atoms with van der Waals surface area (Å²) in [7, 11) is 0. The van der Waals surface area contributed by atoms with Crippen molar-refractivity contribution in [1.82, 2.24) is 0 Å². The van der Waals surface area contributed by atoms with Crippen LogP contribution in [0.15, 0.2) is 18.2 Å². The second kappa shape index (κ2) is 4.23. The van der Waals surface area contributed by atoms with Crippen LogP contribution in [-0.2, 0) is 0 Å². The SMILES string of the molecule is CC(=O)c1c(Cl)cccc1OC1CCC1. The number of benzene rings is 1. The van der Waals surface area contributed by atoms with Crippen molar-refractivity contribution in [1.29, 1.82) is 0 Å². The lowest BCUT2D eigenvalue weighted by atomic mass is 9.96. The molecule has 0 radical (unpaired) electrons. The molecular formula is C12H13ClO2. The van der Waals surface area contributed by atoms with Crippen molar-refractivity contribution in [3.8, 4) is 5.75 Å². The Hall–Kier alpha value is -1.02. The van der Waals surface area contributed by atoms with Crippen molar-refractivity contribution in [3.63, 3.8) is 0 Å². The van der Waals surface area contributed by atoms with E-state index >= 15 is 0 Å². The second-order valence-electron chi connectivity index (χ2n) is 3.84. The molecule has 2 rings (SSSR count). The van der Waals surface area contributed by atoms with Gasteiger partial charge in [-0.3, -0.25) is 4.79 Å². The number of Topliss-reactive ketones (excluding diaryl/α,β-unsaturated/α-hetero) is 1. The molecule has 0 N–H and O–H groups in total. The summed E-state index contributed by atoms with van der Waals surface area (Å²) in [5.41, 5.74) is 0.506. The van der Waals surface area contributed by atoms with E-state index in [1.165, 1.54) is 13.3 Å². The molecule has 1 aliphatic rings. The van der Waals surface area contributed by atoms with Gasteiger partial charge in [-0.1, -0.05) is 17.7 Å². The van der Waals surface area contributed by atoms with E-state index in [4.69, 9.17) is 16.3 Å². The van der Waals surface area contributed by atoms with E-state index in [9.17, 15) is 4.79 Å². The minimum Gasteiger partial charge on any atom is -0.490 e. The summed E-state index contributed by atoms with van der Waals surface area (Å²) in [6.45, 7) is 1.51. The molecule has 0 unspecified atom stereocenters. The number of carbonyl (C=O) groups is 1. The van der Waals surface area contributed by atoms with Gasteiger partial charge in [0, 0.05) is 0 Å². The number of ether oxygens (including phenoxy) is 1. The van der Waals surface area contributed by atoms with Gasteiger partial charge in [0.25, 0.3) is 0 Å².